The standard InChI is InChI=1S/C30H24F9N3O4.C2H6/c1-16-8-22(46-30(37,38)39)3-5-25(16)45-15-26(43)42-7-6-41-13-19-9-17(2-4-23(19)40-27(44)24(41)14-42)18-10-20(28(31,32)33)12-21(11-18)29(34,35)36;1-2/h2-5,8-12,24H,6-7,13-15H2,1H3,(H,40,44);1-2H3. The van der Waals surface area contributed by atoms with Crippen LogP contribution in [0.3, 0.4) is 0 Å². The molecule has 2 aliphatic rings. The van der Waals surface area contributed by atoms with Crippen LogP contribution in [0.25, 0.3) is 11.1 Å². The molecule has 2 heterocycles. The van der Waals surface area contributed by atoms with Gasteiger partial charge in [0.2, 0.25) is 5.91 Å². The van der Waals surface area contributed by atoms with E-state index in [4.69, 9.17) is 4.74 Å². The van der Waals surface area contributed by atoms with Crippen molar-refractivity contribution >= 4 is 17.5 Å². The van der Waals surface area contributed by atoms with Crippen LogP contribution in [-0.4, -0.2) is 60.3 Å². The third kappa shape index (κ3) is 8.70. The van der Waals surface area contributed by atoms with Gasteiger partial charge >= 0.3 is 18.7 Å². The van der Waals surface area contributed by atoms with Crippen molar-refractivity contribution in [3.8, 4) is 22.6 Å². The lowest BCUT2D eigenvalue weighted by Gasteiger charge is -2.39. The fraction of sp³-hybridized carbons (Fsp3) is 0.375. The van der Waals surface area contributed by atoms with Crippen LogP contribution in [0.5, 0.6) is 11.5 Å². The smallest absolute Gasteiger partial charge is 0.483 e. The predicted molar refractivity (Wildman–Crippen MR) is 156 cm³/mol. The number of piperazine rings is 1. The van der Waals surface area contributed by atoms with Gasteiger partial charge in [0.05, 0.1) is 11.1 Å². The zero-order valence-electron chi connectivity index (χ0n) is 25.7. The predicted octanol–water partition coefficient (Wildman–Crippen LogP) is 7.67. The number of nitrogens with zero attached hydrogens (tertiary/aromatic N) is 2. The van der Waals surface area contributed by atoms with Crippen LogP contribution < -0.4 is 14.8 Å². The quantitative estimate of drug-likeness (QED) is 0.278. The van der Waals surface area contributed by atoms with E-state index in [1.165, 1.54) is 36.1 Å². The number of carbonyl (C=O) groups excluding carboxylic acids is 2. The molecule has 0 aromatic heterocycles. The molecule has 0 aliphatic carbocycles. The molecule has 1 fully saturated rings. The largest absolute Gasteiger partial charge is 0.573 e. The van der Waals surface area contributed by atoms with Gasteiger partial charge in [0, 0.05) is 31.9 Å². The van der Waals surface area contributed by atoms with E-state index in [1.54, 1.807) is 4.90 Å². The third-order valence-electron chi connectivity index (χ3n) is 7.54. The minimum absolute atomic E-state index is 0.0468. The van der Waals surface area contributed by atoms with Gasteiger partial charge in [-0.25, -0.2) is 0 Å². The first-order valence-electron chi connectivity index (χ1n) is 14.6. The molecule has 7 nitrogen and oxygen atoms in total. The topological polar surface area (TPSA) is 71.1 Å². The van der Waals surface area contributed by atoms with Gasteiger partial charge in [0.15, 0.2) is 6.61 Å². The molecule has 0 bridgehead atoms. The number of aryl methyl sites for hydroxylation is 1. The Morgan fingerprint density at radius 3 is 2.08 bits per heavy atom. The molecule has 3 aromatic rings. The number of ether oxygens (including phenoxy) is 2. The zero-order chi connectivity index (χ0) is 35.6. The molecule has 1 atom stereocenters. The van der Waals surface area contributed by atoms with Crippen molar-refractivity contribution < 1.29 is 58.6 Å². The van der Waals surface area contributed by atoms with E-state index in [0.717, 1.165) is 12.1 Å². The second-order valence-corrected chi connectivity index (χ2v) is 10.7. The van der Waals surface area contributed by atoms with Crippen molar-refractivity contribution in [3.63, 3.8) is 0 Å². The summed E-state index contributed by atoms with van der Waals surface area (Å²) in [4.78, 5) is 29.2. The summed E-state index contributed by atoms with van der Waals surface area (Å²) in [5.41, 5.74) is -2.05. The fourth-order valence-electron chi connectivity index (χ4n) is 5.28. The third-order valence-corrected chi connectivity index (χ3v) is 7.54. The first-order chi connectivity index (χ1) is 22.4. The summed E-state index contributed by atoms with van der Waals surface area (Å²) < 4.78 is 127. The second-order valence-electron chi connectivity index (χ2n) is 10.7. The van der Waals surface area contributed by atoms with Crippen LogP contribution in [0.4, 0.5) is 45.2 Å². The Morgan fingerprint density at radius 1 is 0.854 bits per heavy atom. The SMILES string of the molecule is CC.Cc1cc(OC(F)(F)F)ccc1OCC(=O)N1CCN2Cc3cc(-c4cc(C(F)(F)F)cc(C(F)(F)F)c4)ccc3NC(=O)C2C1. The van der Waals surface area contributed by atoms with Crippen molar-refractivity contribution in [2.45, 2.75) is 52.1 Å². The van der Waals surface area contributed by atoms with Crippen LogP contribution in [-0.2, 0) is 28.5 Å². The Labute approximate surface area is 269 Å². The molecular formula is C32H30F9N3O4. The number of carbonyl (C=O) groups is 2. The minimum Gasteiger partial charge on any atom is -0.483 e. The lowest BCUT2D eigenvalue weighted by molar-refractivity contribution is -0.274. The van der Waals surface area contributed by atoms with Gasteiger partial charge in [0.25, 0.3) is 5.91 Å². The maximum Gasteiger partial charge on any atom is 0.573 e. The lowest BCUT2D eigenvalue weighted by Crippen LogP contribution is -2.58. The number of anilines is 1. The summed E-state index contributed by atoms with van der Waals surface area (Å²) in [5.74, 6) is -1.26. The average molecular weight is 692 g/mol. The van der Waals surface area contributed by atoms with Crippen molar-refractivity contribution in [1.29, 1.82) is 0 Å². The number of hydrogen-bond acceptors (Lipinski definition) is 5. The number of halogens is 9. The maximum absolute atomic E-state index is 13.4. The summed E-state index contributed by atoms with van der Waals surface area (Å²) >= 11 is 0. The minimum atomic E-state index is -5.01. The van der Waals surface area contributed by atoms with E-state index in [-0.39, 0.29) is 49.1 Å². The average Bonchev–Trinajstić information content (AvgIpc) is 3.14. The van der Waals surface area contributed by atoms with E-state index in [2.05, 4.69) is 10.1 Å². The van der Waals surface area contributed by atoms with Crippen molar-refractivity contribution in [2.24, 2.45) is 0 Å². The number of nitrogens with one attached hydrogen (secondary N) is 1. The van der Waals surface area contributed by atoms with Gasteiger partial charge in [-0.1, -0.05) is 19.9 Å². The first-order valence-corrected chi connectivity index (χ1v) is 14.6. The Morgan fingerprint density at radius 2 is 1.50 bits per heavy atom. The van der Waals surface area contributed by atoms with Gasteiger partial charge in [-0.3, -0.25) is 14.5 Å². The summed E-state index contributed by atoms with van der Waals surface area (Å²) in [6.45, 7) is 5.45. The molecule has 0 radical (unpaired) electrons. The maximum atomic E-state index is 13.4. The van der Waals surface area contributed by atoms with Gasteiger partial charge in [-0.2, -0.15) is 26.3 Å². The molecule has 48 heavy (non-hydrogen) atoms. The Hall–Kier alpha value is -4.47. The number of alkyl halides is 9. The van der Waals surface area contributed by atoms with Crippen LogP contribution >= 0.6 is 0 Å². The highest BCUT2D eigenvalue weighted by Gasteiger charge is 2.39. The summed E-state index contributed by atoms with van der Waals surface area (Å²) in [6, 6.07) is 8.00. The summed E-state index contributed by atoms with van der Waals surface area (Å²) in [7, 11) is 0. The van der Waals surface area contributed by atoms with Crippen molar-refractivity contribution in [2.75, 3.05) is 31.6 Å². The Kier molecular flexibility index (Phi) is 10.6. The Bertz CT molecular complexity index is 1620. The molecule has 0 spiro atoms. The Balaban J connectivity index is 0.00000255. The highest BCUT2D eigenvalue weighted by molar-refractivity contribution is 5.97. The summed E-state index contributed by atoms with van der Waals surface area (Å²) in [6.07, 6.45) is -14.9. The molecule has 1 N–H and O–H groups in total. The van der Waals surface area contributed by atoms with Crippen molar-refractivity contribution in [3.05, 3.63) is 76.9 Å². The molecule has 0 saturated carbocycles. The van der Waals surface area contributed by atoms with Crippen LogP contribution in [0.1, 0.15) is 36.1 Å². The van der Waals surface area contributed by atoms with Gasteiger partial charge in [-0.15, -0.1) is 13.2 Å². The van der Waals surface area contributed by atoms with Gasteiger partial charge in [-0.05, 0) is 77.7 Å². The number of rotatable bonds is 5. The molecule has 3 aromatic carbocycles. The van der Waals surface area contributed by atoms with Crippen LogP contribution in [0.2, 0.25) is 0 Å². The van der Waals surface area contributed by atoms with Crippen LogP contribution in [0.15, 0.2) is 54.6 Å². The van der Waals surface area contributed by atoms with E-state index in [9.17, 15) is 49.1 Å². The number of fused-ring (bicyclic) bond motifs is 2. The van der Waals surface area contributed by atoms with Crippen LogP contribution in [0, 0.1) is 6.92 Å². The molecule has 2 amide bonds. The molecule has 2 aliphatic heterocycles. The highest BCUT2D eigenvalue weighted by Crippen LogP contribution is 2.40. The highest BCUT2D eigenvalue weighted by atomic mass is 19.4. The van der Waals surface area contributed by atoms with E-state index in [1.807, 2.05) is 13.8 Å². The normalized spacial score (nSPS) is 16.9. The molecule has 16 heteroatoms. The molecule has 1 saturated heterocycles. The van der Waals surface area contributed by atoms with E-state index in [0.29, 0.717) is 28.9 Å². The zero-order valence-corrected chi connectivity index (χ0v) is 25.7. The first kappa shape index (κ1) is 36.4. The number of amides is 2. The second kappa shape index (κ2) is 13.9. The van der Waals surface area contributed by atoms with Gasteiger partial charge < -0.3 is 19.7 Å². The summed E-state index contributed by atoms with van der Waals surface area (Å²) in [5, 5.41) is 2.72. The molecule has 1 unspecified atom stereocenters. The van der Waals surface area contributed by atoms with Crippen molar-refractivity contribution in [1.82, 2.24) is 9.80 Å². The fourth-order valence-corrected chi connectivity index (χ4v) is 5.28. The molecule has 260 valence electrons. The van der Waals surface area contributed by atoms with E-state index < -0.39 is 60.1 Å². The number of benzene rings is 3. The molecule has 5 rings (SSSR count). The lowest BCUT2D eigenvalue weighted by atomic mass is 9.97. The van der Waals surface area contributed by atoms with E-state index >= 15 is 0 Å². The number of hydrogen-bond donors (Lipinski definition) is 1. The monoisotopic (exact) mass is 691 g/mol. The van der Waals surface area contributed by atoms with Gasteiger partial charge in [0.1, 0.15) is 17.5 Å². The molecular weight excluding hydrogens is 661 g/mol.